The van der Waals surface area contributed by atoms with Gasteiger partial charge in [-0.05, 0) is 29.3 Å². The molecule has 0 aromatic heterocycles. The number of hydrogen-bond donors (Lipinski definition) is 0. The molecule has 1 aliphatic rings. The van der Waals surface area contributed by atoms with Crippen LogP contribution in [0.15, 0.2) is 72.5 Å². The van der Waals surface area contributed by atoms with E-state index in [9.17, 15) is 4.79 Å². The van der Waals surface area contributed by atoms with Crippen LogP contribution in [0.3, 0.4) is 0 Å². The first kappa shape index (κ1) is 18.6. The molecule has 0 N–H and O–H groups in total. The molecule has 5 heteroatoms. The number of benzene rings is 3. The van der Waals surface area contributed by atoms with Gasteiger partial charge in [-0.3, -0.25) is 4.79 Å². The molecule has 0 unspecified atom stereocenters. The first-order valence-electron chi connectivity index (χ1n) is 9.15. The van der Waals surface area contributed by atoms with Crippen molar-refractivity contribution in [2.75, 3.05) is 14.2 Å². The number of carbonyl (C=O) groups is 1. The molecule has 0 spiro atoms. The molecule has 29 heavy (non-hydrogen) atoms. The molecule has 146 valence electrons. The first-order chi connectivity index (χ1) is 14.2. The fraction of sp³-hybridized carbons (Fsp3) is 0.125. The summed E-state index contributed by atoms with van der Waals surface area (Å²) in [5, 5.41) is 0. The van der Waals surface area contributed by atoms with Gasteiger partial charge in [-0.2, -0.15) is 0 Å². The lowest BCUT2D eigenvalue weighted by Crippen LogP contribution is -2.00. The second kappa shape index (κ2) is 8.10. The van der Waals surface area contributed by atoms with Gasteiger partial charge < -0.3 is 18.9 Å². The van der Waals surface area contributed by atoms with Gasteiger partial charge in [-0.15, -0.1) is 0 Å². The summed E-state index contributed by atoms with van der Waals surface area (Å²) >= 11 is 0. The zero-order chi connectivity index (χ0) is 20.2. The highest BCUT2D eigenvalue weighted by Gasteiger charge is 2.32. The Hall–Kier alpha value is -3.73. The highest BCUT2D eigenvalue weighted by atomic mass is 16.5. The van der Waals surface area contributed by atoms with Gasteiger partial charge in [0.25, 0.3) is 0 Å². The van der Waals surface area contributed by atoms with E-state index < -0.39 is 0 Å². The molecule has 1 heterocycles. The van der Waals surface area contributed by atoms with Crippen molar-refractivity contribution >= 4 is 11.9 Å². The van der Waals surface area contributed by atoms with Crippen LogP contribution >= 0.6 is 0 Å². The number of methoxy groups -OCH3 is 2. The third-order valence-electron chi connectivity index (χ3n) is 4.59. The molecular weight excluding hydrogens is 368 g/mol. The summed E-state index contributed by atoms with van der Waals surface area (Å²) < 4.78 is 22.1. The molecule has 3 aromatic rings. The quantitative estimate of drug-likeness (QED) is 0.562. The Labute approximate surface area is 169 Å². The summed E-state index contributed by atoms with van der Waals surface area (Å²) in [6.45, 7) is 0.500. The van der Waals surface area contributed by atoms with Gasteiger partial charge in [0.15, 0.2) is 5.76 Å². The molecule has 3 aromatic carbocycles. The molecular formula is C24H20O5. The van der Waals surface area contributed by atoms with Crippen LogP contribution in [0.4, 0.5) is 0 Å². The van der Waals surface area contributed by atoms with Gasteiger partial charge in [0, 0.05) is 12.1 Å². The summed E-state index contributed by atoms with van der Waals surface area (Å²) in [6, 6.07) is 20.8. The van der Waals surface area contributed by atoms with Crippen molar-refractivity contribution in [1.29, 1.82) is 0 Å². The van der Waals surface area contributed by atoms with Crippen LogP contribution in [0.2, 0.25) is 0 Å². The molecule has 1 aliphatic heterocycles. The number of fused-ring (bicyclic) bond motifs is 1. The van der Waals surface area contributed by atoms with Gasteiger partial charge in [0.1, 0.15) is 35.2 Å². The number of allylic oxidation sites excluding steroid dienone is 1. The highest BCUT2D eigenvalue weighted by molar-refractivity contribution is 6.16. The molecule has 0 aliphatic carbocycles. The van der Waals surface area contributed by atoms with E-state index in [0.29, 0.717) is 29.4 Å². The van der Waals surface area contributed by atoms with E-state index in [1.807, 2.05) is 54.6 Å². The van der Waals surface area contributed by atoms with Crippen LogP contribution < -0.4 is 18.9 Å². The van der Waals surface area contributed by atoms with E-state index in [1.165, 1.54) is 7.11 Å². The van der Waals surface area contributed by atoms with Crippen molar-refractivity contribution < 1.29 is 23.7 Å². The summed E-state index contributed by atoms with van der Waals surface area (Å²) in [4.78, 5) is 12.8. The van der Waals surface area contributed by atoms with Gasteiger partial charge in [0.05, 0.1) is 14.2 Å². The Balaban J connectivity index is 1.50. The SMILES string of the molecule is COc1cc(OC)c2c(c1)O/C(=C\c1ccc(OCc3ccccc3)cc1)C2=O. The van der Waals surface area contributed by atoms with E-state index in [2.05, 4.69) is 0 Å². The van der Waals surface area contributed by atoms with Gasteiger partial charge in [0.2, 0.25) is 5.78 Å². The summed E-state index contributed by atoms with van der Waals surface area (Å²) in [5.41, 5.74) is 2.34. The average Bonchev–Trinajstić information content (AvgIpc) is 3.08. The van der Waals surface area contributed by atoms with Crippen molar-refractivity contribution in [2.24, 2.45) is 0 Å². The Morgan fingerprint density at radius 3 is 2.34 bits per heavy atom. The minimum absolute atomic E-state index is 0.219. The molecule has 0 saturated carbocycles. The molecule has 0 fully saturated rings. The number of ketones is 1. The summed E-state index contributed by atoms with van der Waals surface area (Å²) in [7, 11) is 3.06. The maximum Gasteiger partial charge on any atom is 0.235 e. The first-order valence-corrected chi connectivity index (χ1v) is 9.15. The van der Waals surface area contributed by atoms with E-state index in [0.717, 1.165) is 16.9 Å². The number of ether oxygens (including phenoxy) is 4. The predicted molar refractivity (Wildman–Crippen MR) is 110 cm³/mol. The Morgan fingerprint density at radius 1 is 0.897 bits per heavy atom. The lowest BCUT2D eigenvalue weighted by atomic mass is 10.1. The van der Waals surface area contributed by atoms with Crippen molar-refractivity contribution in [3.63, 3.8) is 0 Å². The Bertz CT molecular complexity index is 1050. The highest BCUT2D eigenvalue weighted by Crippen LogP contribution is 2.41. The van der Waals surface area contributed by atoms with E-state index in [-0.39, 0.29) is 11.5 Å². The smallest absolute Gasteiger partial charge is 0.235 e. The van der Waals surface area contributed by atoms with Crippen LogP contribution in [-0.2, 0) is 6.61 Å². The van der Waals surface area contributed by atoms with E-state index in [4.69, 9.17) is 18.9 Å². The molecule has 0 amide bonds. The fourth-order valence-electron chi connectivity index (χ4n) is 3.08. The van der Waals surface area contributed by atoms with Crippen LogP contribution in [0.25, 0.3) is 6.08 Å². The number of Topliss-reactive ketones (excluding diaryl/α,β-unsaturated/α-hetero) is 1. The Kier molecular flexibility index (Phi) is 5.20. The minimum atomic E-state index is -0.219. The molecule has 0 saturated heterocycles. The standard InChI is InChI=1S/C24H20O5/c1-26-19-13-20(27-2)23-21(14-19)29-22(24(23)25)12-16-8-10-18(11-9-16)28-15-17-6-4-3-5-7-17/h3-14H,15H2,1-2H3/b22-12-. The predicted octanol–water partition coefficient (Wildman–Crippen LogP) is 4.90. The van der Waals surface area contributed by atoms with Crippen molar-refractivity contribution in [2.45, 2.75) is 6.61 Å². The number of carbonyl (C=O) groups excluding carboxylic acids is 1. The molecule has 0 bridgehead atoms. The molecule has 0 radical (unpaired) electrons. The second-order valence-corrected chi connectivity index (χ2v) is 6.49. The zero-order valence-electron chi connectivity index (χ0n) is 16.2. The maximum absolute atomic E-state index is 12.8. The lowest BCUT2D eigenvalue weighted by molar-refractivity contribution is 0.101. The maximum atomic E-state index is 12.8. The molecule has 5 nitrogen and oxygen atoms in total. The lowest BCUT2D eigenvalue weighted by Gasteiger charge is -2.07. The average molecular weight is 388 g/mol. The zero-order valence-corrected chi connectivity index (χ0v) is 16.2. The monoisotopic (exact) mass is 388 g/mol. The summed E-state index contributed by atoms with van der Waals surface area (Å²) in [5.74, 6) is 2.20. The van der Waals surface area contributed by atoms with Gasteiger partial charge in [-0.25, -0.2) is 0 Å². The number of rotatable bonds is 6. The van der Waals surface area contributed by atoms with Gasteiger partial charge >= 0.3 is 0 Å². The molecule has 0 atom stereocenters. The van der Waals surface area contributed by atoms with Crippen molar-refractivity contribution in [3.05, 3.63) is 89.2 Å². The summed E-state index contributed by atoms with van der Waals surface area (Å²) in [6.07, 6.45) is 1.70. The van der Waals surface area contributed by atoms with Crippen molar-refractivity contribution in [3.8, 4) is 23.0 Å². The topological polar surface area (TPSA) is 54.0 Å². The number of hydrogen-bond acceptors (Lipinski definition) is 5. The van der Waals surface area contributed by atoms with Crippen LogP contribution in [-0.4, -0.2) is 20.0 Å². The van der Waals surface area contributed by atoms with Crippen molar-refractivity contribution in [1.82, 2.24) is 0 Å². The van der Waals surface area contributed by atoms with Crippen LogP contribution in [0.5, 0.6) is 23.0 Å². The third-order valence-corrected chi connectivity index (χ3v) is 4.59. The normalized spacial score (nSPS) is 13.7. The molecule has 4 rings (SSSR count). The van der Waals surface area contributed by atoms with Crippen LogP contribution in [0, 0.1) is 0 Å². The van der Waals surface area contributed by atoms with Crippen LogP contribution in [0.1, 0.15) is 21.5 Å². The van der Waals surface area contributed by atoms with Gasteiger partial charge in [-0.1, -0.05) is 42.5 Å². The van der Waals surface area contributed by atoms with E-state index in [1.54, 1.807) is 25.3 Å². The third kappa shape index (κ3) is 3.94. The second-order valence-electron chi connectivity index (χ2n) is 6.49. The fourth-order valence-corrected chi connectivity index (χ4v) is 3.08. The Morgan fingerprint density at radius 2 is 1.66 bits per heavy atom. The minimum Gasteiger partial charge on any atom is -0.496 e. The van der Waals surface area contributed by atoms with E-state index >= 15 is 0 Å². The largest absolute Gasteiger partial charge is 0.496 e.